The van der Waals surface area contributed by atoms with Gasteiger partial charge >= 0.3 is 0 Å². The number of halogens is 2. The van der Waals surface area contributed by atoms with E-state index >= 15 is 0 Å². The molecular weight excluding hydrogens is 342 g/mol. The summed E-state index contributed by atoms with van der Waals surface area (Å²) >= 11 is 0. The van der Waals surface area contributed by atoms with Crippen LogP contribution in [0.5, 0.6) is 0 Å². The SMILES string of the molecule is NC(=O)[C@@H](C[C@@H](O)CCc1ccccc1)C1(C(N)=O)CCC(F)(F)CC1. The zero-order valence-electron chi connectivity index (χ0n) is 14.7. The minimum Gasteiger partial charge on any atom is -0.393 e. The summed E-state index contributed by atoms with van der Waals surface area (Å²) in [6.45, 7) is 0. The fourth-order valence-corrected chi connectivity index (χ4v) is 3.81. The van der Waals surface area contributed by atoms with Gasteiger partial charge in [-0.25, -0.2) is 8.78 Å². The van der Waals surface area contributed by atoms with Crippen LogP contribution in [-0.4, -0.2) is 28.9 Å². The molecule has 5 nitrogen and oxygen atoms in total. The second kappa shape index (κ2) is 8.12. The maximum atomic E-state index is 13.5. The van der Waals surface area contributed by atoms with Crippen molar-refractivity contribution in [3.63, 3.8) is 0 Å². The summed E-state index contributed by atoms with van der Waals surface area (Å²) in [6, 6.07) is 9.51. The van der Waals surface area contributed by atoms with Crippen molar-refractivity contribution >= 4 is 11.8 Å². The summed E-state index contributed by atoms with van der Waals surface area (Å²) in [6.07, 6.45) is -1.40. The third-order valence-electron chi connectivity index (χ3n) is 5.49. The Labute approximate surface area is 151 Å². The van der Waals surface area contributed by atoms with E-state index < -0.39 is 48.0 Å². The molecule has 0 bridgehead atoms. The molecule has 144 valence electrons. The second-order valence-electron chi connectivity index (χ2n) is 7.25. The Balaban J connectivity index is 2.08. The van der Waals surface area contributed by atoms with Crippen molar-refractivity contribution < 1.29 is 23.5 Å². The standard InChI is InChI=1S/C19H26F2N2O3/c20-19(21)10-8-18(9-11-19,17(23)26)15(16(22)25)12-14(24)7-6-13-4-2-1-3-5-13/h1-5,14-15,24H,6-12H2,(H2,22,25)(H2,23,26)/t14-,15+/m0/s1. The minimum atomic E-state index is -2.87. The number of primary amides is 2. The van der Waals surface area contributed by atoms with E-state index in [1.165, 1.54) is 0 Å². The Bertz CT molecular complexity index is 627. The van der Waals surface area contributed by atoms with Crippen LogP contribution in [0.1, 0.15) is 44.1 Å². The summed E-state index contributed by atoms with van der Waals surface area (Å²) in [7, 11) is 0. The molecule has 0 heterocycles. The third kappa shape index (κ3) is 4.78. The predicted molar refractivity (Wildman–Crippen MR) is 93.1 cm³/mol. The van der Waals surface area contributed by atoms with Crippen molar-refractivity contribution in [3.8, 4) is 0 Å². The van der Waals surface area contributed by atoms with Crippen LogP contribution in [0, 0.1) is 11.3 Å². The Kier molecular flexibility index (Phi) is 6.34. The molecule has 2 amide bonds. The molecule has 2 rings (SSSR count). The molecule has 1 aromatic rings. The van der Waals surface area contributed by atoms with Crippen LogP contribution in [0.15, 0.2) is 30.3 Å². The highest BCUT2D eigenvalue weighted by Gasteiger charge is 2.53. The lowest BCUT2D eigenvalue weighted by Gasteiger charge is -2.42. The third-order valence-corrected chi connectivity index (χ3v) is 5.49. The van der Waals surface area contributed by atoms with Gasteiger partial charge in [-0.3, -0.25) is 9.59 Å². The first kappa shape index (κ1) is 20.3. The summed E-state index contributed by atoms with van der Waals surface area (Å²) in [4.78, 5) is 24.1. The largest absolute Gasteiger partial charge is 0.393 e. The molecule has 1 fully saturated rings. The van der Waals surface area contributed by atoms with E-state index in [4.69, 9.17) is 11.5 Å². The van der Waals surface area contributed by atoms with Crippen LogP contribution in [0.25, 0.3) is 0 Å². The number of amides is 2. The molecule has 0 aromatic heterocycles. The minimum absolute atomic E-state index is 0.0589. The summed E-state index contributed by atoms with van der Waals surface area (Å²) in [5, 5.41) is 10.4. The fourth-order valence-electron chi connectivity index (χ4n) is 3.81. The first-order valence-electron chi connectivity index (χ1n) is 8.85. The molecular formula is C19H26F2N2O3. The molecule has 1 aromatic carbocycles. The molecule has 1 saturated carbocycles. The van der Waals surface area contributed by atoms with Crippen molar-refractivity contribution in [2.75, 3.05) is 0 Å². The molecule has 7 heteroatoms. The van der Waals surface area contributed by atoms with E-state index in [0.29, 0.717) is 12.8 Å². The molecule has 26 heavy (non-hydrogen) atoms. The number of benzene rings is 1. The van der Waals surface area contributed by atoms with Crippen molar-refractivity contribution in [3.05, 3.63) is 35.9 Å². The van der Waals surface area contributed by atoms with Gasteiger partial charge in [-0.1, -0.05) is 30.3 Å². The Hall–Kier alpha value is -2.02. The van der Waals surface area contributed by atoms with Crippen LogP contribution < -0.4 is 11.5 Å². The van der Waals surface area contributed by atoms with Crippen molar-refractivity contribution in [1.82, 2.24) is 0 Å². The molecule has 0 unspecified atom stereocenters. The van der Waals surface area contributed by atoms with Gasteiger partial charge in [-0.15, -0.1) is 0 Å². The van der Waals surface area contributed by atoms with Gasteiger partial charge in [-0.2, -0.15) is 0 Å². The number of hydrogen-bond acceptors (Lipinski definition) is 3. The topological polar surface area (TPSA) is 106 Å². The monoisotopic (exact) mass is 368 g/mol. The van der Waals surface area contributed by atoms with E-state index in [9.17, 15) is 23.5 Å². The summed E-state index contributed by atoms with van der Waals surface area (Å²) in [5.74, 6) is -5.51. The van der Waals surface area contributed by atoms with Crippen molar-refractivity contribution in [2.24, 2.45) is 22.8 Å². The fraction of sp³-hybridized carbons (Fsp3) is 0.579. The Morgan fingerprint density at radius 2 is 1.65 bits per heavy atom. The van der Waals surface area contributed by atoms with E-state index in [2.05, 4.69) is 0 Å². The summed E-state index contributed by atoms with van der Waals surface area (Å²) < 4.78 is 27.1. The molecule has 1 aliphatic rings. The van der Waals surface area contributed by atoms with Crippen LogP contribution in [-0.2, 0) is 16.0 Å². The molecule has 2 atom stereocenters. The van der Waals surface area contributed by atoms with Gasteiger partial charge in [0.2, 0.25) is 17.7 Å². The molecule has 1 aliphatic carbocycles. The first-order chi connectivity index (χ1) is 12.2. The predicted octanol–water partition coefficient (Wildman–Crippen LogP) is 2.15. The van der Waals surface area contributed by atoms with E-state index in [1.54, 1.807) is 0 Å². The van der Waals surface area contributed by atoms with E-state index in [1.807, 2.05) is 30.3 Å². The highest BCUT2D eigenvalue weighted by molar-refractivity contribution is 5.89. The average molecular weight is 368 g/mol. The molecule has 0 aliphatic heterocycles. The number of alkyl halides is 2. The van der Waals surface area contributed by atoms with Gasteiger partial charge in [0.15, 0.2) is 0 Å². The summed E-state index contributed by atoms with van der Waals surface area (Å²) in [5.41, 5.74) is 10.6. The number of hydrogen-bond donors (Lipinski definition) is 3. The Morgan fingerprint density at radius 1 is 1.08 bits per heavy atom. The number of carbonyl (C=O) groups is 2. The first-order valence-corrected chi connectivity index (χ1v) is 8.85. The number of carbonyl (C=O) groups excluding carboxylic acids is 2. The number of nitrogens with two attached hydrogens (primary N) is 2. The zero-order chi connectivity index (χ0) is 19.4. The lowest BCUT2D eigenvalue weighted by Crippen LogP contribution is -2.52. The van der Waals surface area contributed by atoms with Crippen LogP contribution >= 0.6 is 0 Å². The van der Waals surface area contributed by atoms with E-state index in [0.717, 1.165) is 5.56 Å². The molecule has 5 N–H and O–H groups in total. The smallest absolute Gasteiger partial charge is 0.248 e. The van der Waals surface area contributed by atoms with Crippen LogP contribution in [0.4, 0.5) is 8.78 Å². The quantitative estimate of drug-likeness (QED) is 0.654. The maximum Gasteiger partial charge on any atom is 0.248 e. The number of aryl methyl sites for hydroxylation is 1. The van der Waals surface area contributed by atoms with Crippen molar-refractivity contribution in [1.29, 1.82) is 0 Å². The molecule has 0 saturated heterocycles. The normalized spacial score (nSPS) is 20.9. The number of aliphatic hydroxyl groups is 1. The average Bonchev–Trinajstić information content (AvgIpc) is 2.59. The van der Waals surface area contributed by atoms with Gasteiger partial charge < -0.3 is 16.6 Å². The molecule has 0 radical (unpaired) electrons. The maximum absolute atomic E-state index is 13.5. The molecule has 0 spiro atoms. The lowest BCUT2D eigenvalue weighted by atomic mass is 9.62. The second-order valence-corrected chi connectivity index (χ2v) is 7.25. The van der Waals surface area contributed by atoms with Gasteiger partial charge in [0.1, 0.15) is 0 Å². The van der Waals surface area contributed by atoms with Gasteiger partial charge in [0.05, 0.1) is 17.4 Å². The highest BCUT2D eigenvalue weighted by atomic mass is 19.3. The van der Waals surface area contributed by atoms with Crippen LogP contribution in [0.2, 0.25) is 0 Å². The van der Waals surface area contributed by atoms with Gasteiger partial charge in [-0.05, 0) is 37.7 Å². The van der Waals surface area contributed by atoms with Gasteiger partial charge in [0.25, 0.3) is 0 Å². The Morgan fingerprint density at radius 3 is 2.15 bits per heavy atom. The number of aliphatic hydroxyl groups excluding tert-OH is 1. The zero-order valence-corrected chi connectivity index (χ0v) is 14.7. The lowest BCUT2D eigenvalue weighted by molar-refractivity contribution is -0.150. The van der Waals surface area contributed by atoms with Gasteiger partial charge in [0, 0.05) is 12.8 Å². The van der Waals surface area contributed by atoms with Crippen LogP contribution in [0.3, 0.4) is 0 Å². The van der Waals surface area contributed by atoms with Crippen molar-refractivity contribution in [2.45, 2.75) is 57.0 Å². The highest BCUT2D eigenvalue weighted by Crippen LogP contribution is 2.49. The van der Waals surface area contributed by atoms with E-state index in [-0.39, 0.29) is 19.3 Å². The number of rotatable bonds is 8.